The zero-order chi connectivity index (χ0) is 86.6. The van der Waals surface area contributed by atoms with E-state index in [2.05, 4.69) is 431 Å². The van der Waals surface area contributed by atoms with Crippen LogP contribution in [0.15, 0.2) is 461 Å². The van der Waals surface area contributed by atoms with E-state index in [0.717, 1.165) is 83.4 Å². The number of para-hydroxylation sites is 3. The maximum atomic E-state index is 5.10. The number of rotatable bonds is 14. The van der Waals surface area contributed by atoms with Crippen LogP contribution in [0.5, 0.6) is 0 Å². The molecule has 130 heavy (non-hydrogen) atoms. The second-order valence-corrected chi connectivity index (χ2v) is 33.8. The topological polar surface area (TPSA) is 95.2 Å². The number of aromatic nitrogens is 8. The number of fused-ring (bicyclic) bond motifs is 5. The Kier molecular flexibility index (Phi) is 19.8. The molecule has 0 N–H and O–H groups in total. The molecule has 0 saturated heterocycles. The second-order valence-electron chi connectivity index (χ2n) is 33.8. The molecule has 25 rings (SSSR count). The van der Waals surface area contributed by atoms with Crippen LogP contribution in [0.1, 0.15) is 25.0 Å². The van der Waals surface area contributed by atoms with Crippen molar-refractivity contribution < 1.29 is 0 Å². The summed E-state index contributed by atoms with van der Waals surface area (Å²) in [6.07, 6.45) is 0. The maximum absolute atomic E-state index is 5.10. The first kappa shape index (κ1) is 77.7. The fourth-order valence-corrected chi connectivity index (χ4v) is 19.2. The number of benzene rings is 20. The van der Waals surface area contributed by atoms with Gasteiger partial charge < -0.3 is 0 Å². The van der Waals surface area contributed by atoms with E-state index in [4.69, 9.17) is 34.9 Å². The van der Waals surface area contributed by atoms with Crippen molar-refractivity contribution in [2.24, 2.45) is 0 Å². The second kappa shape index (κ2) is 33.1. The third kappa shape index (κ3) is 14.3. The highest BCUT2D eigenvalue weighted by Gasteiger charge is 2.36. The lowest BCUT2D eigenvalue weighted by molar-refractivity contribution is 0.663. The Balaban J connectivity index is 0.000000112. The van der Waals surface area contributed by atoms with Gasteiger partial charge >= 0.3 is 0 Å². The summed E-state index contributed by atoms with van der Waals surface area (Å²) >= 11 is 0. The van der Waals surface area contributed by atoms with Gasteiger partial charge in [-0.05, 0) is 192 Å². The van der Waals surface area contributed by atoms with Gasteiger partial charge in [0.25, 0.3) is 0 Å². The molecule has 0 saturated carbocycles. The van der Waals surface area contributed by atoms with Gasteiger partial charge in [0.2, 0.25) is 0 Å². The molecule has 610 valence electrons. The zero-order valence-corrected chi connectivity index (χ0v) is 71.5. The van der Waals surface area contributed by atoms with Gasteiger partial charge in [-0.25, -0.2) is 34.9 Å². The lowest BCUT2D eigenvalue weighted by Crippen LogP contribution is -2.15. The first-order chi connectivity index (χ1) is 64.2. The number of imidazole rings is 1. The zero-order valence-electron chi connectivity index (χ0n) is 71.5. The summed E-state index contributed by atoms with van der Waals surface area (Å²) in [6, 6.07) is 162. The predicted molar refractivity (Wildman–Crippen MR) is 538 cm³/mol. The fraction of sp³-hybridized carbons (Fsp3) is 0.0246. The van der Waals surface area contributed by atoms with Gasteiger partial charge in [0.05, 0.1) is 11.0 Å². The van der Waals surface area contributed by atoms with E-state index in [1.54, 1.807) is 0 Å². The molecule has 0 atom stereocenters. The molecule has 0 aliphatic heterocycles. The van der Waals surface area contributed by atoms with Crippen molar-refractivity contribution in [3.63, 3.8) is 0 Å². The van der Waals surface area contributed by atoms with Crippen LogP contribution in [-0.4, -0.2) is 39.5 Å². The summed E-state index contributed by atoms with van der Waals surface area (Å²) in [5.74, 6) is 4.95. The summed E-state index contributed by atoms with van der Waals surface area (Å²) in [4.78, 5) is 35.0. The van der Waals surface area contributed by atoms with Gasteiger partial charge in [-0.3, -0.25) is 4.57 Å². The molecule has 0 unspecified atom stereocenters. The van der Waals surface area contributed by atoms with Crippen molar-refractivity contribution in [2.75, 3.05) is 0 Å². The van der Waals surface area contributed by atoms with Crippen molar-refractivity contribution in [3.8, 4) is 174 Å². The van der Waals surface area contributed by atoms with E-state index >= 15 is 0 Å². The quantitative estimate of drug-likeness (QED) is 0.100. The first-order valence-electron chi connectivity index (χ1n) is 44.2. The Morgan fingerprint density at radius 2 is 0.523 bits per heavy atom. The number of hydrogen-bond acceptors (Lipinski definition) is 7. The molecule has 0 bridgehead atoms. The van der Waals surface area contributed by atoms with E-state index in [9.17, 15) is 0 Å². The van der Waals surface area contributed by atoms with Gasteiger partial charge in [0.1, 0.15) is 5.82 Å². The summed E-state index contributed by atoms with van der Waals surface area (Å²) in [5, 5.41) is 10.1. The number of hydrogen-bond donors (Lipinski definition) is 0. The molecule has 23 aromatic rings. The Labute approximate surface area is 754 Å². The van der Waals surface area contributed by atoms with Gasteiger partial charge in [-0.1, -0.05) is 426 Å². The van der Waals surface area contributed by atoms with Crippen LogP contribution < -0.4 is 0 Å². The average Bonchev–Trinajstić information content (AvgIpc) is 1.55. The van der Waals surface area contributed by atoms with Crippen LogP contribution in [0.25, 0.3) is 229 Å². The van der Waals surface area contributed by atoms with Gasteiger partial charge in [0.15, 0.2) is 34.9 Å². The van der Waals surface area contributed by atoms with Crippen molar-refractivity contribution in [2.45, 2.75) is 19.3 Å². The third-order valence-corrected chi connectivity index (χ3v) is 25.6. The van der Waals surface area contributed by atoms with Gasteiger partial charge in [-0.15, -0.1) is 0 Å². The van der Waals surface area contributed by atoms with Gasteiger partial charge in [-0.2, -0.15) is 0 Å². The van der Waals surface area contributed by atoms with E-state index in [1.807, 2.05) is 48.5 Å². The van der Waals surface area contributed by atoms with Crippen LogP contribution in [0.4, 0.5) is 0 Å². The highest BCUT2D eigenvalue weighted by Crippen LogP contribution is 2.57. The Hall–Kier alpha value is -17.1. The molecule has 2 aliphatic carbocycles. The Morgan fingerprint density at radius 3 is 1.05 bits per heavy atom. The monoisotopic (exact) mass is 1660 g/mol. The smallest absolute Gasteiger partial charge is 0.164 e. The molecule has 0 spiro atoms. The third-order valence-electron chi connectivity index (χ3n) is 25.6. The molecular formula is C122H82N8. The lowest BCUT2D eigenvalue weighted by atomic mass is 9.80. The standard InChI is InChI=1S/C47H30N2.C38H27N3.C37H25N3/c1-4-13-31(14-5-1)37-28-29-38(32-15-6-2-7-16-32)46-41-30-27-36(39-19-12-20-40(44(39)41)45(37)46)33-23-25-34(26-24-33)47-48-42-21-10-11-22-43(42)49(47)35-17-8-3-9-18-35;1-38(2)31-22-29(24-12-6-3-7-13-24)20-27-18-19-28-21-30(23-32(38)34(28)33(27)31)37-40-35(25-14-8-4-9-15-25)39-36(41-37)26-16-10-5-11-17-26;1-3-10-26(11-4-1)28-18-22-31(23-19-28)35-38-36(32-24-20-29(21-25-32)27-12-5-2-6-13-27)40-37(39-35)34-17-9-15-30-14-7-8-16-33(30)34/h1-30H;3-23H,1-2H3;1-25H. The van der Waals surface area contributed by atoms with Gasteiger partial charge in [0, 0.05) is 50.0 Å². The molecule has 0 fully saturated rings. The first-order valence-corrected chi connectivity index (χ1v) is 44.2. The lowest BCUT2D eigenvalue weighted by Gasteiger charge is -2.23. The molecule has 20 aromatic carbocycles. The van der Waals surface area contributed by atoms with Crippen molar-refractivity contribution in [3.05, 3.63) is 472 Å². The van der Waals surface area contributed by atoms with Crippen molar-refractivity contribution >= 4 is 54.1 Å². The summed E-state index contributed by atoms with van der Waals surface area (Å²) in [6.45, 7) is 4.68. The normalized spacial score (nSPS) is 12.0. The van der Waals surface area contributed by atoms with Crippen LogP contribution in [-0.2, 0) is 5.41 Å². The SMILES string of the molecule is CC1(C)c2cc(-c3ccccc3)cc3ccc4cc(-c5nc(-c6ccccc6)nc(-c6ccccc6)n5)cc1c4c23.c1ccc(-c2ccc(-c3ccccc3)c3c2-c2cccc4c(-c5ccc(-c6nc7ccccc7n6-c6ccccc6)cc5)ccc-3c24)cc1.c1ccc(-c2ccc(-c3nc(-c4ccc(-c5ccccc5)cc4)nc(-c4cccc5ccccc45)n3)cc2)cc1. The minimum atomic E-state index is -0.168. The molecule has 0 radical (unpaired) electrons. The van der Waals surface area contributed by atoms with Crippen molar-refractivity contribution in [1.82, 2.24) is 39.5 Å². The molecular weight excluding hydrogens is 1580 g/mol. The number of nitrogens with zero attached hydrogens (tertiary/aromatic N) is 8. The van der Waals surface area contributed by atoms with E-state index in [1.165, 1.54) is 121 Å². The molecule has 8 heteroatoms. The Bertz CT molecular complexity index is 7980. The van der Waals surface area contributed by atoms with E-state index < -0.39 is 0 Å². The van der Waals surface area contributed by atoms with Crippen LogP contribution >= 0.6 is 0 Å². The van der Waals surface area contributed by atoms with Crippen LogP contribution in [0, 0.1) is 0 Å². The average molecular weight is 1660 g/mol. The molecule has 2 aliphatic rings. The molecule has 0 amide bonds. The minimum Gasteiger partial charge on any atom is -0.292 e. The van der Waals surface area contributed by atoms with Crippen molar-refractivity contribution in [1.29, 1.82) is 0 Å². The van der Waals surface area contributed by atoms with E-state index in [0.29, 0.717) is 34.9 Å². The van der Waals surface area contributed by atoms with Crippen LogP contribution in [0.2, 0.25) is 0 Å². The highest BCUT2D eigenvalue weighted by molar-refractivity contribution is 6.24. The summed E-state index contributed by atoms with van der Waals surface area (Å²) in [5.41, 5.74) is 32.5. The molecule has 3 aromatic heterocycles. The van der Waals surface area contributed by atoms with Crippen LogP contribution in [0.3, 0.4) is 0 Å². The molecule has 8 nitrogen and oxygen atoms in total. The summed E-state index contributed by atoms with van der Waals surface area (Å²) in [7, 11) is 0. The Morgan fingerprint density at radius 1 is 0.192 bits per heavy atom. The fourth-order valence-electron chi connectivity index (χ4n) is 19.2. The minimum absolute atomic E-state index is 0.168. The van der Waals surface area contributed by atoms with E-state index in [-0.39, 0.29) is 5.41 Å². The largest absolute Gasteiger partial charge is 0.292 e. The maximum Gasteiger partial charge on any atom is 0.164 e. The predicted octanol–water partition coefficient (Wildman–Crippen LogP) is 31.3. The summed E-state index contributed by atoms with van der Waals surface area (Å²) < 4.78 is 2.26. The molecule has 3 heterocycles. The highest BCUT2D eigenvalue weighted by atomic mass is 15.1.